The van der Waals surface area contributed by atoms with E-state index in [1.54, 1.807) is 60.5 Å². The topological polar surface area (TPSA) is 177 Å². The Hall–Kier alpha value is -4.49. The first-order valence-electron chi connectivity index (χ1n) is 13.8. The number of sulfonamides is 1. The summed E-state index contributed by atoms with van der Waals surface area (Å²) in [5, 5.41) is 18.8. The monoisotopic (exact) mass is 608 g/mol. The van der Waals surface area contributed by atoms with Gasteiger partial charge in [-0.3, -0.25) is 19.8 Å². The standard InChI is InChI=1S/C30H36N6O6S/c1-34(24-12-7-15-35(19-24)30(31)32)27(37)17-26(29(40)36(20-28(38)39)18-21-8-3-2-4-9-21)33-43(41,42)25-14-13-22-10-5-6-11-23(22)16-25/h2-6,8-11,13-14,16,24,26,33H,7,12,15,17-20H2,1H3,(H3,31,32)(H,38,39)/t24-,26-/m0/s1. The smallest absolute Gasteiger partial charge is 0.323 e. The Bertz CT molecular complexity index is 1600. The van der Waals surface area contributed by atoms with E-state index in [1.165, 1.54) is 17.0 Å². The van der Waals surface area contributed by atoms with Gasteiger partial charge in [0.25, 0.3) is 0 Å². The molecule has 3 aromatic carbocycles. The van der Waals surface area contributed by atoms with Crippen molar-refractivity contribution < 1.29 is 27.9 Å². The molecule has 3 aromatic rings. The Morgan fingerprint density at radius 1 is 1.07 bits per heavy atom. The van der Waals surface area contributed by atoms with Crippen molar-refractivity contribution in [3.63, 3.8) is 0 Å². The molecular formula is C30H36N6O6S. The quantitative estimate of drug-likeness (QED) is 0.188. The normalized spacial score (nSPS) is 15.9. The van der Waals surface area contributed by atoms with Gasteiger partial charge in [-0.2, -0.15) is 4.72 Å². The molecule has 0 aliphatic carbocycles. The Labute approximate surface area is 250 Å². The van der Waals surface area contributed by atoms with Gasteiger partial charge in [0.15, 0.2) is 5.96 Å². The van der Waals surface area contributed by atoms with Crippen LogP contribution in [0.2, 0.25) is 0 Å². The molecule has 1 heterocycles. The maximum atomic E-state index is 13.9. The predicted molar refractivity (Wildman–Crippen MR) is 161 cm³/mol. The van der Waals surface area contributed by atoms with Crippen LogP contribution >= 0.6 is 0 Å². The molecule has 228 valence electrons. The molecule has 13 heteroatoms. The number of carbonyl (C=O) groups excluding carboxylic acids is 2. The van der Waals surface area contributed by atoms with Crippen molar-refractivity contribution in [1.82, 2.24) is 19.4 Å². The summed E-state index contributed by atoms with van der Waals surface area (Å²) in [6.07, 6.45) is 0.804. The van der Waals surface area contributed by atoms with Crippen LogP contribution in [0.5, 0.6) is 0 Å². The number of aliphatic carboxylic acids is 1. The lowest BCUT2D eigenvalue weighted by atomic mass is 10.0. The summed E-state index contributed by atoms with van der Waals surface area (Å²) < 4.78 is 29.6. The predicted octanol–water partition coefficient (Wildman–Crippen LogP) is 1.81. The van der Waals surface area contributed by atoms with Crippen LogP contribution in [0.1, 0.15) is 24.8 Å². The fourth-order valence-corrected chi connectivity index (χ4v) is 6.40. The number of guanidine groups is 1. The van der Waals surface area contributed by atoms with Crippen LogP contribution in [-0.4, -0.2) is 90.7 Å². The molecule has 2 amide bonds. The van der Waals surface area contributed by atoms with Crippen LogP contribution in [0.15, 0.2) is 77.7 Å². The highest BCUT2D eigenvalue weighted by atomic mass is 32.2. The zero-order chi connectivity index (χ0) is 31.1. The van der Waals surface area contributed by atoms with Gasteiger partial charge in [-0.05, 0) is 41.3 Å². The van der Waals surface area contributed by atoms with Gasteiger partial charge in [0.05, 0.1) is 11.3 Å². The maximum Gasteiger partial charge on any atom is 0.323 e. The van der Waals surface area contributed by atoms with Crippen molar-refractivity contribution in [3.8, 4) is 0 Å². The number of hydrogen-bond donors (Lipinski definition) is 4. The van der Waals surface area contributed by atoms with Crippen LogP contribution < -0.4 is 10.5 Å². The lowest BCUT2D eigenvalue weighted by Crippen LogP contribution is -2.54. The van der Waals surface area contributed by atoms with Crippen molar-refractivity contribution in [2.24, 2.45) is 5.73 Å². The van der Waals surface area contributed by atoms with Gasteiger partial charge in [0, 0.05) is 32.7 Å². The second kappa shape index (κ2) is 13.7. The Balaban J connectivity index is 1.63. The number of nitrogens with two attached hydrogens (primary N) is 1. The number of carboxylic acids is 1. The van der Waals surface area contributed by atoms with Gasteiger partial charge < -0.3 is 25.5 Å². The third kappa shape index (κ3) is 8.08. The van der Waals surface area contributed by atoms with E-state index in [1.807, 2.05) is 12.1 Å². The van der Waals surface area contributed by atoms with E-state index in [-0.39, 0.29) is 23.4 Å². The number of benzene rings is 3. The van der Waals surface area contributed by atoms with Crippen molar-refractivity contribution in [1.29, 1.82) is 5.41 Å². The van der Waals surface area contributed by atoms with Gasteiger partial charge in [-0.15, -0.1) is 0 Å². The largest absolute Gasteiger partial charge is 0.480 e. The maximum absolute atomic E-state index is 13.9. The Morgan fingerprint density at radius 2 is 1.74 bits per heavy atom. The number of amides is 2. The minimum Gasteiger partial charge on any atom is -0.480 e. The zero-order valence-electron chi connectivity index (χ0n) is 23.8. The van der Waals surface area contributed by atoms with Crippen molar-refractivity contribution >= 4 is 44.5 Å². The SMILES string of the molecule is CN(C(=O)C[C@H](NS(=O)(=O)c1ccc2ccccc2c1)C(=O)N(CC(=O)O)Cc1ccccc1)[C@H]1CCCN(C(=N)N)C1. The molecule has 43 heavy (non-hydrogen) atoms. The molecule has 0 spiro atoms. The van der Waals surface area contributed by atoms with Crippen molar-refractivity contribution in [2.45, 2.75) is 42.8 Å². The molecule has 0 bridgehead atoms. The number of likely N-dealkylation sites (tertiary alicyclic amines) is 1. The summed E-state index contributed by atoms with van der Waals surface area (Å²) in [7, 11) is -2.75. The lowest BCUT2D eigenvalue weighted by Gasteiger charge is -2.38. The first kappa shape index (κ1) is 31.4. The molecule has 1 aliphatic heterocycles. The van der Waals surface area contributed by atoms with E-state index < -0.39 is 46.8 Å². The molecule has 0 saturated carbocycles. The highest BCUT2D eigenvalue weighted by Gasteiger charge is 2.35. The number of carboxylic acid groups (broad SMARTS) is 1. The number of nitrogens with one attached hydrogen (secondary N) is 2. The van der Waals surface area contributed by atoms with E-state index in [9.17, 15) is 27.9 Å². The number of likely N-dealkylation sites (N-methyl/N-ethyl adjacent to an activating group) is 1. The van der Waals surface area contributed by atoms with Gasteiger partial charge in [0.1, 0.15) is 12.6 Å². The zero-order valence-corrected chi connectivity index (χ0v) is 24.7. The number of nitrogens with zero attached hydrogens (tertiary/aromatic N) is 3. The molecular weight excluding hydrogens is 572 g/mol. The second-order valence-electron chi connectivity index (χ2n) is 10.6. The Kier molecular flexibility index (Phi) is 9.99. The Morgan fingerprint density at radius 3 is 2.42 bits per heavy atom. The van der Waals surface area contributed by atoms with Gasteiger partial charge in [-0.1, -0.05) is 60.7 Å². The minimum atomic E-state index is -4.32. The molecule has 0 radical (unpaired) electrons. The third-order valence-electron chi connectivity index (χ3n) is 7.54. The van der Waals surface area contributed by atoms with Gasteiger partial charge in [0.2, 0.25) is 21.8 Å². The summed E-state index contributed by atoms with van der Waals surface area (Å²) in [6, 6.07) is 18.6. The van der Waals surface area contributed by atoms with Crippen LogP contribution in [0.25, 0.3) is 10.8 Å². The average Bonchev–Trinajstić information content (AvgIpc) is 2.99. The van der Waals surface area contributed by atoms with Crippen molar-refractivity contribution in [2.75, 3.05) is 26.7 Å². The van der Waals surface area contributed by atoms with Gasteiger partial charge in [-0.25, -0.2) is 8.42 Å². The van der Waals surface area contributed by atoms with Crippen LogP contribution in [0.4, 0.5) is 0 Å². The summed E-state index contributed by atoms with van der Waals surface area (Å²) in [6.45, 7) is 0.130. The summed E-state index contributed by atoms with van der Waals surface area (Å²) >= 11 is 0. The number of fused-ring (bicyclic) bond motifs is 1. The fraction of sp³-hybridized carbons (Fsp3) is 0.333. The van der Waals surface area contributed by atoms with E-state index in [2.05, 4.69) is 4.72 Å². The molecule has 2 atom stereocenters. The van der Waals surface area contributed by atoms with E-state index in [4.69, 9.17) is 11.1 Å². The number of carbonyl (C=O) groups is 3. The van der Waals surface area contributed by atoms with E-state index >= 15 is 0 Å². The fourth-order valence-electron chi connectivity index (χ4n) is 5.18. The first-order valence-corrected chi connectivity index (χ1v) is 15.3. The molecule has 12 nitrogen and oxygen atoms in total. The molecule has 0 unspecified atom stereocenters. The summed E-state index contributed by atoms with van der Waals surface area (Å²) in [5.74, 6) is -2.74. The highest BCUT2D eigenvalue weighted by Crippen LogP contribution is 2.21. The number of hydrogen-bond acceptors (Lipinski definition) is 6. The van der Waals surface area contributed by atoms with Crippen LogP contribution in [-0.2, 0) is 31.0 Å². The van der Waals surface area contributed by atoms with E-state index in [0.717, 1.165) is 10.3 Å². The molecule has 1 fully saturated rings. The van der Waals surface area contributed by atoms with Gasteiger partial charge >= 0.3 is 5.97 Å². The number of piperidine rings is 1. The second-order valence-corrected chi connectivity index (χ2v) is 12.3. The van der Waals surface area contributed by atoms with Crippen LogP contribution in [0, 0.1) is 5.41 Å². The number of rotatable bonds is 11. The average molecular weight is 609 g/mol. The first-order chi connectivity index (χ1) is 20.4. The lowest BCUT2D eigenvalue weighted by molar-refractivity contribution is -0.146. The van der Waals surface area contributed by atoms with Crippen molar-refractivity contribution in [3.05, 3.63) is 78.4 Å². The molecule has 1 saturated heterocycles. The van der Waals surface area contributed by atoms with E-state index in [0.29, 0.717) is 36.9 Å². The van der Waals surface area contributed by atoms with Crippen LogP contribution in [0.3, 0.4) is 0 Å². The molecule has 4 rings (SSSR count). The molecule has 1 aliphatic rings. The highest BCUT2D eigenvalue weighted by molar-refractivity contribution is 7.89. The third-order valence-corrected chi connectivity index (χ3v) is 9.01. The molecule has 5 N–H and O–H groups in total. The summed E-state index contributed by atoms with van der Waals surface area (Å²) in [4.78, 5) is 43.2. The minimum absolute atomic E-state index is 0.0953. The summed E-state index contributed by atoms with van der Waals surface area (Å²) in [5.41, 5.74) is 6.29. The molecule has 0 aromatic heterocycles.